The summed E-state index contributed by atoms with van der Waals surface area (Å²) in [5.74, 6) is -1.78. The number of benzene rings is 2. The fourth-order valence-corrected chi connectivity index (χ4v) is 8.27. The number of aliphatic hydroxyl groups is 1. The van der Waals surface area contributed by atoms with Gasteiger partial charge in [0.05, 0.1) is 34.3 Å². The molecule has 15 nitrogen and oxygen atoms in total. The van der Waals surface area contributed by atoms with Crippen LogP contribution in [-0.2, 0) is 62.0 Å². The topological polar surface area (TPSA) is 215 Å². The number of amides is 1. The third-order valence-corrected chi connectivity index (χ3v) is 12.4. The van der Waals surface area contributed by atoms with Gasteiger partial charge in [0.25, 0.3) is 20.2 Å². The van der Waals surface area contributed by atoms with Crippen LogP contribution in [0, 0.1) is 25.7 Å². The monoisotopic (exact) mass is 853 g/mol. The number of cyclic esters (lactones) is 2. The third-order valence-electron chi connectivity index (χ3n) is 9.85. The van der Waals surface area contributed by atoms with Crippen molar-refractivity contribution in [3.05, 3.63) is 59.7 Å². The van der Waals surface area contributed by atoms with Crippen molar-refractivity contribution in [1.82, 2.24) is 5.32 Å². The number of hydrogen-bond acceptors (Lipinski definition) is 14. The van der Waals surface area contributed by atoms with Gasteiger partial charge in [0.2, 0.25) is 6.41 Å². The molecule has 2 aliphatic rings. The molecule has 58 heavy (non-hydrogen) atoms. The fourth-order valence-electron chi connectivity index (χ4n) is 6.39. The van der Waals surface area contributed by atoms with Crippen LogP contribution >= 0.6 is 0 Å². The normalized spacial score (nSPS) is 19.9. The van der Waals surface area contributed by atoms with Crippen LogP contribution in [0.15, 0.2) is 58.3 Å². The summed E-state index contributed by atoms with van der Waals surface area (Å²) in [6, 6.07) is 12.5. The molecule has 0 spiro atoms. The molecule has 324 valence electrons. The Morgan fingerprint density at radius 3 is 1.60 bits per heavy atom. The van der Waals surface area contributed by atoms with Crippen molar-refractivity contribution in [2.24, 2.45) is 11.8 Å². The highest BCUT2D eigenvalue weighted by atomic mass is 32.2. The zero-order valence-corrected chi connectivity index (χ0v) is 35.5. The van der Waals surface area contributed by atoms with Crippen molar-refractivity contribution in [3.63, 3.8) is 0 Å². The first-order chi connectivity index (χ1) is 27.6. The smallest absolute Gasteiger partial charge is 0.325 e. The van der Waals surface area contributed by atoms with Gasteiger partial charge in [0.1, 0.15) is 31.5 Å². The summed E-state index contributed by atoms with van der Waals surface area (Å²) in [4.78, 5) is 45.9. The molecule has 2 N–H and O–H groups in total. The molecule has 2 aliphatic heterocycles. The predicted molar refractivity (Wildman–Crippen MR) is 212 cm³/mol. The molecule has 2 aromatic rings. The molecule has 0 aliphatic carbocycles. The molecule has 2 unspecified atom stereocenters. The Morgan fingerprint density at radius 1 is 0.724 bits per heavy atom. The van der Waals surface area contributed by atoms with E-state index < -0.39 is 51.1 Å². The molecule has 2 fully saturated rings. The summed E-state index contributed by atoms with van der Waals surface area (Å²) in [6.45, 7) is 6.77. The first-order valence-electron chi connectivity index (χ1n) is 20.0. The Hall–Kier alpha value is -3.90. The number of ether oxygens (including phenoxy) is 3. The summed E-state index contributed by atoms with van der Waals surface area (Å²) >= 11 is 0. The Bertz CT molecular complexity index is 1820. The molecule has 0 aromatic heterocycles. The highest BCUT2D eigenvalue weighted by molar-refractivity contribution is 7.87. The molecule has 2 aromatic carbocycles. The van der Waals surface area contributed by atoms with E-state index in [4.69, 9.17) is 22.6 Å². The van der Waals surface area contributed by atoms with Gasteiger partial charge in [0.15, 0.2) is 0 Å². The number of nitrogens with one attached hydrogen (secondary N) is 1. The molecular weight excluding hydrogens is 795 g/mol. The molecule has 0 saturated carbocycles. The molecule has 2 heterocycles. The lowest BCUT2D eigenvalue weighted by Crippen LogP contribution is -2.48. The summed E-state index contributed by atoms with van der Waals surface area (Å²) in [5, 5.41) is 12.3. The highest BCUT2D eigenvalue weighted by Crippen LogP contribution is 2.33. The maximum Gasteiger partial charge on any atom is 0.325 e. The molecule has 0 bridgehead atoms. The van der Waals surface area contributed by atoms with Crippen molar-refractivity contribution in [1.29, 1.82) is 0 Å². The molecular formula is C41H59NO14S2. The lowest BCUT2D eigenvalue weighted by atomic mass is 9.87. The van der Waals surface area contributed by atoms with Gasteiger partial charge >= 0.3 is 17.9 Å². The van der Waals surface area contributed by atoms with Crippen molar-refractivity contribution in [2.75, 3.05) is 19.8 Å². The number of hydrogen-bond donors (Lipinski definition) is 2. The summed E-state index contributed by atoms with van der Waals surface area (Å²) < 4.78 is 74.9. The standard InChI is InChI=1S/C22H31NO8S.C19H28O6S/c1-3-4-5-6-7-19-20(31-22(19)26)12-17(30-21(25)13-23-15-24)14-29-32(27,28)18-10-8-16(2)9-11-18;1-3-4-5-6-7-17-18(25-19(17)21)12-15(20)13-24-26(22,23)16-10-8-14(2)9-11-16/h8-11,15,17,19-20H,3-7,12-14H2,1-2H3,(H,23,24);8-11,15,17-18,20H,3-7,12-13H2,1-2H3/t17-,19-,20?;15-,17-,18?/m00/s1. The SMILES string of the molecule is CCCCCC[C@@H]1C(=O)OC1C[C@@H](COS(=O)(=O)c1ccc(C)cc1)OC(=O)CNC=O.CCCCCC[C@@H]1C(=O)OC1C[C@H](O)COS(=O)(=O)c1ccc(C)cc1. The fraction of sp³-hybridized carbons (Fsp3) is 0.610. The van der Waals surface area contributed by atoms with Crippen molar-refractivity contribution < 1.29 is 63.7 Å². The number of carbonyl (C=O) groups excluding carboxylic acids is 4. The van der Waals surface area contributed by atoms with Crippen LogP contribution in [0.5, 0.6) is 0 Å². The minimum atomic E-state index is -4.06. The zero-order chi connectivity index (χ0) is 42.7. The average molecular weight is 854 g/mol. The first kappa shape index (κ1) is 48.5. The predicted octanol–water partition coefficient (Wildman–Crippen LogP) is 5.22. The second kappa shape index (κ2) is 24.2. The van der Waals surface area contributed by atoms with Crippen LogP contribution in [0.4, 0.5) is 0 Å². The van der Waals surface area contributed by atoms with E-state index in [0.29, 0.717) is 12.8 Å². The van der Waals surface area contributed by atoms with Crippen LogP contribution < -0.4 is 5.32 Å². The van der Waals surface area contributed by atoms with Crippen LogP contribution in [0.2, 0.25) is 0 Å². The Labute approximate surface area is 342 Å². The second-order valence-electron chi connectivity index (χ2n) is 14.7. The van der Waals surface area contributed by atoms with Crippen LogP contribution in [0.25, 0.3) is 0 Å². The van der Waals surface area contributed by atoms with Crippen molar-refractivity contribution >= 4 is 44.6 Å². The lowest BCUT2D eigenvalue weighted by molar-refractivity contribution is -0.191. The lowest BCUT2D eigenvalue weighted by Gasteiger charge is -2.37. The van der Waals surface area contributed by atoms with Gasteiger partial charge < -0.3 is 24.6 Å². The average Bonchev–Trinajstić information content (AvgIpc) is 3.18. The molecule has 4 rings (SSSR count). The Balaban J connectivity index is 0.000000317. The first-order valence-corrected chi connectivity index (χ1v) is 22.8. The molecule has 6 atom stereocenters. The van der Waals surface area contributed by atoms with Crippen molar-refractivity contribution in [3.8, 4) is 0 Å². The van der Waals surface area contributed by atoms with Gasteiger partial charge in [-0.1, -0.05) is 101 Å². The maximum atomic E-state index is 12.5. The second-order valence-corrected chi connectivity index (χ2v) is 17.9. The molecule has 0 radical (unpaired) electrons. The number of unbranched alkanes of at least 4 members (excludes halogenated alkanes) is 6. The van der Waals surface area contributed by atoms with E-state index in [0.717, 1.165) is 68.9 Å². The third kappa shape index (κ3) is 16.0. The minimum Gasteiger partial charge on any atom is -0.461 e. The zero-order valence-electron chi connectivity index (χ0n) is 33.8. The Kier molecular flexibility index (Phi) is 20.3. The number of aryl methyl sites for hydroxylation is 2. The van der Waals surface area contributed by atoms with Gasteiger partial charge in [0, 0.05) is 12.8 Å². The van der Waals surface area contributed by atoms with Gasteiger partial charge in [-0.15, -0.1) is 0 Å². The van der Waals surface area contributed by atoms with Gasteiger partial charge in [-0.05, 0) is 51.0 Å². The van der Waals surface area contributed by atoms with Gasteiger partial charge in [-0.2, -0.15) is 16.8 Å². The van der Waals surface area contributed by atoms with E-state index in [-0.39, 0.29) is 65.7 Å². The van der Waals surface area contributed by atoms with E-state index in [2.05, 4.69) is 19.2 Å². The number of carbonyl (C=O) groups is 4. The number of esters is 3. The van der Waals surface area contributed by atoms with E-state index in [9.17, 15) is 41.1 Å². The summed E-state index contributed by atoms with van der Waals surface area (Å²) in [6.07, 6.45) is 7.63. The van der Waals surface area contributed by atoms with Crippen LogP contribution in [0.3, 0.4) is 0 Å². The molecule has 1 amide bonds. The van der Waals surface area contributed by atoms with Gasteiger partial charge in [-0.25, -0.2) is 0 Å². The number of aliphatic hydroxyl groups excluding tert-OH is 1. The molecule has 2 saturated heterocycles. The van der Waals surface area contributed by atoms with Crippen LogP contribution in [0.1, 0.15) is 102 Å². The summed E-state index contributed by atoms with van der Waals surface area (Å²) in [5.41, 5.74) is 1.84. The van der Waals surface area contributed by atoms with Crippen molar-refractivity contribution in [2.45, 2.75) is 139 Å². The van der Waals surface area contributed by atoms with E-state index in [1.807, 2.05) is 13.8 Å². The Morgan fingerprint density at radius 2 is 1.17 bits per heavy atom. The van der Waals surface area contributed by atoms with E-state index in [1.54, 1.807) is 24.3 Å². The van der Waals surface area contributed by atoms with E-state index >= 15 is 0 Å². The molecule has 17 heteroatoms. The quantitative estimate of drug-likeness (QED) is 0.0408. The number of rotatable bonds is 26. The highest BCUT2D eigenvalue weighted by Gasteiger charge is 2.44. The summed E-state index contributed by atoms with van der Waals surface area (Å²) in [7, 11) is -7.97. The van der Waals surface area contributed by atoms with E-state index in [1.165, 1.54) is 24.3 Å². The maximum absolute atomic E-state index is 12.5. The largest absolute Gasteiger partial charge is 0.461 e. The minimum absolute atomic E-state index is 0.0142. The van der Waals surface area contributed by atoms with Crippen LogP contribution in [-0.4, -0.2) is 90.4 Å². The van der Waals surface area contributed by atoms with Gasteiger partial charge in [-0.3, -0.25) is 27.5 Å².